The lowest BCUT2D eigenvalue weighted by Gasteiger charge is -2.18. The number of anilines is 2. The van der Waals surface area contributed by atoms with Crippen molar-refractivity contribution in [3.63, 3.8) is 0 Å². The van der Waals surface area contributed by atoms with Gasteiger partial charge >= 0.3 is 0 Å². The summed E-state index contributed by atoms with van der Waals surface area (Å²) in [5, 5.41) is 3.16. The fourth-order valence-corrected chi connectivity index (χ4v) is 4.04. The second kappa shape index (κ2) is 8.02. The molecule has 7 nitrogen and oxygen atoms in total. The van der Waals surface area contributed by atoms with Crippen molar-refractivity contribution in [1.29, 1.82) is 0 Å². The summed E-state index contributed by atoms with van der Waals surface area (Å²) in [6.45, 7) is 3.95. The minimum Gasteiger partial charge on any atom is -0.496 e. The van der Waals surface area contributed by atoms with E-state index in [4.69, 9.17) is 14.2 Å². The molecule has 0 spiro atoms. The smallest absolute Gasteiger partial charge is 0.282 e. The summed E-state index contributed by atoms with van der Waals surface area (Å²) in [4.78, 5) is 28.7. The Kier molecular flexibility index (Phi) is 5.01. The Morgan fingerprint density at radius 3 is 2.52 bits per heavy atom. The average Bonchev–Trinajstić information content (AvgIpc) is 3.37. The summed E-state index contributed by atoms with van der Waals surface area (Å²) >= 11 is 0. The zero-order valence-corrected chi connectivity index (χ0v) is 18.5. The largest absolute Gasteiger partial charge is 0.496 e. The molecular weight excluding hydrogens is 420 g/mol. The van der Waals surface area contributed by atoms with Crippen LogP contribution >= 0.6 is 0 Å². The van der Waals surface area contributed by atoms with Gasteiger partial charge in [-0.25, -0.2) is 4.90 Å². The molecule has 2 heterocycles. The third-order valence-corrected chi connectivity index (χ3v) is 5.71. The van der Waals surface area contributed by atoms with Crippen molar-refractivity contribution in [2.24, 2.45) is 0 Å². The molecule has 5 rings (SSSR count). The van der Waals surface area contributed by atoms with Gasteiger partial charge in [-0.2, -0.15) is 0 Å². The van der Waals surface area contributed by atoms with Crippen molar-refractivity contribution in [2.75, 3.05) is 24.1 Å². The first-order valence-electron chi connectivity index (χ1n) is 10.5. The van der Waals surface area contributed by atoms with Gasteiger partial charge in [-0.15, -0.1) is 0 Å². The Bertz CT molecular complexity index is 1330. The van der Waals surface area contributed by atoms with Gasteiger partial charge < -0.3 is 19.5 Å². The normalized spacial score (nSPS) is 14.8. The molecule has 0 aliphatic carbocycles. The maximum Gasteiger partial charge on any atom is 0.282 e. The lowest BCUT2D eigenvalue weighted by molar-refractivity contribution is -0.120. The van der Waals surface area contributed by atoms with Gasteiger partial charge in [0.15, 0.2) is 11.5 Å². The van der Waals surface area contributed by atoms with E-state index in [0.717, 1.165) is 11.1 Å². The fraction of sp³-hybridized carbons (Fsp3) is 0.154. The molecule has 0 bridgehead atoms. The van der Waals surface area contributed by atoms with Crippen LogP contribution in [-0.4, -0.2) is 25.7 Å². The first kappa shape index (κ1) is 20.6. The minimum atomic E-state index is -0.438. The van der Waals surface area contributed by atoms with Crippen LogP contribution in [0.3, 0.4) is 0 Å². The molecular formula is C26H22N2O5. The number of para-hydroxylation sites is 1. The van der Waals surface area contributed by atoms with Crippen molar-refractivity contribution < 1.29 is 23.8 Å². The van der Waals surface area contributed by atoms with Gasteiger partial charge in [-0.05, 0) is 49.2 Å². The highest BCUT2D eigenvalue weighted by Crippen LogP contribution is 2.40. The quantitative estimate of drug-likeness (QED) is 0.589. The summed E-state index contributed by atoms with van der Waals surface area (Å²) < 4.78 is 16.3. The molecule has 3 aromatic carbocycles. The van der Waals surface area contributed by atoms with Crippen LogP contribution in [0.2, 0.25) is 0 Å². The summed E-state index contributed by atoms with van der Waals surface area (Å²) in [5.41, 5.74) is 3.89. The molecule has 1 N–H and O–H groups in total. The van der Waals surface area contributed by atoms with Gasteiger partial charge in [0.1, 0.15) is 11.4 Å². The molecule has 2 aliphatic heterocycles. The van der Waals surface area contributed by atoms with Crippen molar-refractivity contribution in [3.05, 3.63) is 83.1 Å². The second-order valence-electron chi connectivity index (χ2n) is 7.88. The monoisotopic (exact) mass is 442 g/mol. The molecule has 0 saturated carbocycles. The number of fused-ring (bicyclic) bond motifs is 1. The standard InChI is InChI=1S/C26H22N2O5/c1-15-8-9-16(2)19(12-15)28-25(29)23(18-6-4-5-7-20(18)31-3)24(26(28)30)27-17-10-11-21-22(13-17)33-14-32-21/h4-13,27H,14H2,1-3H3. The van der Waals surface area contributed by atoms with Crippen LogP contribution in [0.5, 0.6) is 17.2 Å². The van der Waals surface area contributed by atoms with Crippen molar-refractivity contribution in [1.82, 2.24) is 0 Å². The number of hydrogen-bond acceptors (Lipinski definition) is 6. The van der Waals surface area contributed by atoms with E-state index in [1.165, 1.54) is 12.0 Å². The molecule has 166 valence electrons. The predicted molar refractivity (Wildman–Crippen MR) is 125 cm³/mol. The SMILES string of the molecule is COc1ccccc1C1=C(Nc2ccc3c(c2)OCO3)C(=O)N(c2cc(C)ccc2C)C1=O. The van der Waals surface area contributed by atoms with Gasteiger partial charge in [0, 0.05) is 17.3 Å². The first-order valence-corrected chi connectivity index (χ1v) is 10.5. The number of aryl methyl sites for hydroxylation is 2. The van der Waals surface area contributed by atoms with Crippen molar-refractivity contribution >= 4 is 28.8 Å². The number of benzene rings is 3. The number of rotatable bonds is 5. The Labute approximate surface area is 191 Å². The summed E-state index contributed by atoms with van der Waals surface area (Å²) in [6.07, 6.45) is 0. The highest BCUT2D eigenvalue weighted by atomic mass is 16.7. The molecule has 2 aliphatic rings. The number of amides is 2. The molecule has 0 atom stereocenters. The zero-order valence-electron chi connectivity index (χ0n) is 18.5. The number of hydrogen-bond donors (Lipinski definition) is 1. The highest BCUT2D eigenvalue weighted by Gasteiger charge is 2.42. The summed E-state index contributed by atoms with van der Waals surface area (Å²) in [6, 6.07) is 18.1. The van der Waals surface area contributed by atoms with Crippen LogP contribution in [0, 0.1) is 13.8 Å². The number of nitrogens with one attached hydrogen (secondary N) is 1. The Balaban J connectivity index is 1.65. The molecule has 0 unspecified atom stereocenters. The van der Waals surface area contributed by atoms with E-state index in [2.05, 4.69) is 5.32 Å². The molecule has 0 saturated heterocycles. The maximum atomic E-state index is 13.7. The number of carbonyl (C=O) groups is 2. The van der Waals surface area contributed by atoms with Gasteiger partial charge in [0.25, 0.3) is 11.8 Å². The van der Waals surface area contributed by atoms with Crippen molar-refractivity contribution in [2.45, 2.75) is 13.8 Å². The summed E-state index contributed by atoms with van der Waals surface area (Å²) in [5.74, 6) is 0.850. The molecule has 0 fully saturated rings. The first-order chi connectivity index (χ1) is 16.0. The van der Waals surface area contributed by atoms with E-state index in [1.54, 1.807) is 36.4 Å². The lowest BCUT2D eigenvalue weighted by atomic mass is 10.0. The van der Waals surface area contributed by atoms with E-state index in [1.807, 2.05) is 38.1 Å². The Morgan fingerprint density at radius 1 is 0.909 bits per heavy atom. The fourth-order valence-electron chi connectivity index (χ4n) is 4.04. The molecule has 0 radical (unpaired) electrons. The van der Waals surface area contributed by atoms with Crippen LogP contribution in [0.25, 0.3) is 5.57 Å². The van der Waals surface area contributed by atoms with Crippen LogP contribution in [0.4, 0.5) is 11.4 Å². The Morgan fingerprint density at radius 2 is 1.70 bits per heavy atom. The van der Waals surface area contributed by atoms with Crippen LogP contribution in [0.1, 0.15) is 16.7 Å². The van der Waals surface area contributed by atoms with E-state index in [-0.39, 0.29) is 18.1 Å². The highest BCUT2D eigenvalue weighted by molar-refractivity contribution is 6.46. The van der Waals surface area contributed by atoms with Crippen LogP contribution in [0.15, 0.2) is 66.4 Å². The topological polar surface area (TPSA) is 77.1 Å². The van der Waals surface area contributed by atoms with Gasteiger partial charge in [0.2, 0.25) is 6.79 Å². The third-order valence-electron chi connectivity index (χ3n) is 5.71. The molecule has 33 heavy (non-hydrogen) atoms. The molecule has 0 aromatic heterocycles. The van der Waals surface area contributed by atoms with Gasteiger partial charge in [0.05, 0.1) is 18.4 Å². The predicted octanol–water partition coefficient (Wildman–Crippen LogP) is 4.44. The number of carbonyl (C=O) groups excluding carboxylic acids is 2. The molecule has 3 aromatic rings. The number of methoxy groups -OCH3 is 1. The maximum absolute atomic E-state index is 13.7. The lowest BCUT2D eigenvalue weighted by Crippen LogP contribution is -2.33. The Hall–Kier alpha value is -4.26. The third kappa shape index (κ3) is 3.47. The zero-order chi connectivity index (χ0) is 23.1. The molecule has 7 heteroatoms. The van der Waals surface area contributed by atoms with Crippen molar-refractivity contribution in [3.8, 4) is 17.2 Å². The minimum absolute atomic E-state index is 0.145. The average molecular weight is 442 g/mol. The van der Waals surface area contributed by atoms with Gasteiger partial charge in [-0.1, -0.05) is 30.3 Å². The number of nitrogens with zero attached hydrogens (tertiary/aromatic N) is 1. The summed E-state index contributed by atoms with van der Waals surface area (Å²) in [7, 11) is 1.54. The number of ether oxygens (including phenoxy) is 3. The molecule has 2 amide bonds. The van der Waals surface area contributed by atoms with Crippen LogP contribution in [-0.2, 0) is 9.59 Å². The van der Waals surface area contributed by atoms with E-state index in [0.29, 0.717) is 34.2 Å². The van der Waals surface area contributed by atoms with Crippen LogP contribution < -0.4 is 24.4 Å². The second-order valence-corrected chi connectivity index (χ2v) is 7.88. The van der Waals surface area contributed by atoms with E-state index >= 15 is 0 Å². The van der Waals surface area contributed by atoms with Gasteiger partial charge in [-0.3, -0.25) is 9.59 Å². The van der Waals surface area contributed by atoms with E-state index < -0.39 is 11.8 Å². The van der Waals surface area contributed by atoms with E-state index in [9.17, 15) is 9.59 Å². The number of imide groups is 1.